The number of hydrogen-bond donors (Lipinski definition) is 2. The lowest BCUT2D eigenvalue weighted by atomic mass is 9.81. The van der Waals surface area contributed by atoms with Gasteiger partial charge in [0, 0.05) is 30.3 Å². The Kier molecular flexibility index (Phi) is 8.70. The van der Waals surface area contributed by atoms with Crippen molar-refractivity contribution in [3.8, 4) is 17.6 Å². The zero-order valence-corrected chi connectivity index (χ0v) is 20.7. The van der Waals surface area contributed by atoms with Crippen LogP contribution in [-0.4, -0.2) is 53.4 Å². The summed E-state index contributed by atoms with van der Waals surface area (Å²) in [6, 6.07) is 12.5. The van der Waals surface area contributed by atoms with Crippen molar-refractivity contribution in [1.29, 1.82) is 0 Å². The van der Waals surface area contributed by atoms with Crippen molar-refractivity contribution in [3.05, 3.63) is 71.4 Å². The molecular formula is C29H31F3N2O3. The smallest absolute Gasteiger partial charge is 0.416 e. The molecule has 2 aromatic carbocycles. The van der Waals surface area contributed by atoms with E-state index in [2.05, 4.69) is 21.7 Å². The van der Waals surface area contributed by atoms with Crippen LogP contribution in [0, 0.1) is 23.7 Å². The van der Waals surface area contributed by atoms with E-state index in [1.165, 1.54) is 6.07 Å². The van der Waals surface area contributed by atoms with Crippen LogP contribution in [0.4, 0.5) is 13.2 Å². The molecule has 0 amide bonds. The van der Waals surface area contributed by atoms with Gasteiger partial charge in [-0.1, -0.05) is 17.9 Å². The van der Waals surface area contributed by atoms with Gasteiger partial charge in [-0.2, -0.15) is 13.2 Å². The molecule has 1 unspecified atom stereocenters. The second-order valence-corrected chi connectivity index (χ2v) is 9.48. The molecular weight excluding hydrogens is 481 g/mol. The number of halogens is 3. The minimum atomic E-state index is -4.39. The first kappa shape index (κ1) is 26.9. The Hall–Kier alpha value is -3.12. The zero-order valence-electron chi connectivity index (χ0n) is 20.7. The van der Waals surface area contributed by atoms with E-state index in [9.17, 15) is 23.4 Å². The molecule has 1 aliphatic heterocycles. The molecule has 1 aliphatic rings. The first-order chi connectivity index (χ1) is 17.8. The number of aliphatic hydroxyl groups is 2. The normalized spacial score (nSPS) is 19.3. The van der Waals surface area contributed by atoms with Crippen LogP contribution >= 0.6 is 0 Å². The highest BCUT2D eigenvalue weighted by atomic mass is 19.4. The lowest BCUT2D eigenvalue weighted by Crippen LogP contribution is -2.42. The fraction of sp³-hybridized carbons (Fsp3) is 0.414. The predicted molar refractivity (Wildman–Crippen MR) is 136 cm³/mol. The van der Waals surface area contributed by atoms with Crippen LogP contribution in [0.1, 0.15) is 42.1 Å². The summed E-state index contributed by atoms with van der Waals surface area (Å²) >= 11 is 0. The molecule has 0 saturated carbocycles. The van der Waals surface area contributed by atoms with Gasteiger partial charge in [0.05, 0.1) is 30.8 Å². The van der Waals surface area contributed by atoms with Gasteiger partial charge < -0.3 is 14.9 Å². The van der Waals surface area contributed by atoms with Gasteiger partial charge in [0.1, 0.15) is 5.75 Å². The number of fused-ring (bicyclic) bond motifs is 1. The molecule has 37 heavy (non-hydrogen) atoms. The molecule has 196 valence electrons. The fourth-order valence-electron chi connectivity index (χ4n) is 5.00. The number of hydrogen-bond acceptors (Lipinski definition) is 5. The fourth-order valence-corrected chi connectivity index (χ4v) is 5.00. The van der Waals surface area contributed by atoms with E-state index < -0.39 is 17.8 Å². The number of rotatable bonds is 7. The number of nitrogens with zero attached hydrogens (tertiary/aromatic N) is 2. The molecule has 3 aromatic rings. The SMILES string of the molecule is COc1ccc2nccc(C(O)CC[C@@H]3CCN(CC#Cc4cccc(C(F)(F)F)c4)C[C@@H]3CO)c2c1. The molecule has 0 spiro atoms. The molecule has 2 N–H and O–H groups in total. The third-order valence-electron chi connectivity index (χ3n) is 7.09. The zero-order chi connectivity index (χ0) is 26.4. The number of alkyl halides is 3. The summed E-state index contributed by atoms with van der Waals surface area (Å²) in [7, 11) is 1.60. The molecule has 8 heteroatoms. The lowest BCUT2D eigenvalue weighted by molar-refractivity contribution is -0.137. The Bertz CT molecular complexity index is 1270. The van der Waals surface area contributed by atoms with E-state index in [1.54, 1.807) is 19.4 Å². The van der Waals surface area contributed by atoms with Crippen LogP contribution < -0.4 is 4.74 Å². The quantitative estimate of drug-likeness (QED) is 0.434. The maximum atomic E-state index is 12.9. The summed E-state index contributed by atoms with van der Waals surface area (Å²) in [5.41, 5.74) is 1.23. The standard InChI is InChI=1S/C29H31F3N2O3/c1-37-24-8-9-27-26(17-24)25(11-13-33-27)28(36)10-7-21-12-15-34(18-22(21)19-35)14-3-5-20-4-2-6-23(16-20)29(30,31)32/h2,4,6,8-9,11,13,16-17,21-22,28,35-36H,7,10,12,14-15,18-19H2,1H3/t21-,22-,28?/m1/s1. The van der Waals surface area contributed by atoms with Crippen LogP contribution in [0.3, 0.4) is 0 Å². The van der Waals surface area contributed by atoms with E-state index in [4.69, 9.17) is 4.74 Å². The third kappa shape index (κ3) is 6.80. The van der Waals surface area contributed by atoms with Crippen molar-refractivity contribution in [2.45, 2.75) is 31.5 Å². The van der Waals surface area contributed by atoms with E-state index in [0.29, 0.717) is 30.8 Å². The summed E-state index contributed by atoms with van der Waals surface area (Å²) in [5.74, 6) is 6.82. The summed E-state index contributed by atoms with van der Waals surface area (Å²) in [4.78, 5) is 6.50. The molecule has 0 bridgehead atoms. The topological polar surface area (TPSA) is 65.8 Å². The molecule has 1 aromatic heterocycles. The van der Waals surface area contributed by atoms with Gasteiger partial charge in [0.2, 0.25) is 0 Å². The Morgan fingerprint density at radius 3 is 2.76 bits per heavy atom. The first-order valence-corrected chi connectivity index (χ1v) is 12.4. The Morgan fingerprint density at radius 2 is 2.00 bits per heavy atom. The van der Waals surface area contributed by atoms with Crippen LogP contribution in [0.5, 0.6) is 5.75 Å². The predicted octanol–water partition coefficient (Wildman–Crippen LogP) is 5.06. The minimum Gasteiger partial charge on any atom is -0.497 e. The largest absolute Gasteiger partial charge is 0.497 e. The number of methoxy groups -OCH3 is 1. The highest BCUT2D eigenvalue weighted by Crippen LogP contribution is 2.33. The van der Waals surface area contributed by atoms with Crippen LogP contribution in [0.15, 0.2) is 54.7 Å². The molecule has 3 atom stereocenters. The molecule has 0 aliphatic carbocycles. The molecule has 5 nitrogen and oxygen atoms in total. The number of aliphatic hydroxyl groups excluding tert-OH is 2. The van der Waals surface area contributed by atoms with Crippen molar-refractivity contribution in [2.24, 2.45) is 11.8 Å². The number of likely N-dealkylation sites (tertiary alicyclic amines) is 1. The lowest BCUT2D eigenvalue weighted by Gasteiger charge is -2.37. The van der Waals surface area contributed by atoms with Crippen LogP contribution in [0.25, 0.3) is 10.9 Å². The van der Waals surface area contributed by atoms with Gasteiger partial charge in [-0.3, -0.25) is 9.88 Å². The highest BCUT2D eigenvalue weighted by molar-refractivity contribution is 5.83. The summed E-state index contributed by atoms with van der Waals surface area (Å²) < 4.78 is 44.0. The number of benzene rings is 2. The van der Waals surface area contributed by atoms with Gasteiger partial charge in [-0.15, -0.1) is 0 Å². The molecule has 2 heterocycles. The van der Waals surface area contributed by atoms with E-state index in [-0.39, 0.29) is 18.4 Å². The Morgan fingerprint density at radius 1 is 1.16 bits per heavy atom. The maximum Gasteiger partial charge on any atom is 0.416 e. The second kappa shape index (κ2) is 12.0. The average molecular weight is 513 g/mol. The maximum absolute atomic E-state index is 12.9. The van der Waals surface area contributed by atoms with Gasteiger partial charge in [-0.05, 0) is 85.7 Å². The molecule has 1 fully saturated rings. The second-order valence-electron chi connectivity index (χ2n) is 9.48. The molecule has 0 radical (unpaired) electrons. The van der Waals surface area contributed by atoms with Gasteiger partial charge >= 0.3 is 6.18 Å². The van der Waals surface area contributed by atoms with Gasteiger partial charge in [0.25, 0.3) is 0 Å². The summed E-state index contributed by atoms with van der Waals surface area (Å²) in [6.07, 6.45) is -1.17. The molecule has 1 saturated heterocycles. The number of ether oxygens (including phenoxy) is 1. The van der Waals surface area contributed by atoms with E-state index in [1.807, 2.05) is 24.3 Å². The van der Waals surface area contributed by atoms with Crippen molar-refractivity contribution in [2.75, 3.05) is 33.4 Å². The van der Waals surface area contributed by atoms with Crippen LogP contribution in [0.2, 0.25) is 0 Å². The number of aromatic nitrogens is 1. The van der Waals surface area contributed by atoms with E-state index in [0.717, 1.165) is 48.0 Å². The van der Waals surface area contributed by atoms with E-state index >= 15 is 0 Å². The summed E-state index contributed by atoms with van der Waals surface area (Å²) in [5, 5.41) is 21.9. The third-order valence-corrected chi connectivity index (χ3v) is 7.09. The number of pyridine rings is 1. The average Bonchev–Trinajstić information content (AvgIpc) is 2.91. The van der Waals surface area contributed by atoms with Crippen molar-refractivity contribution >= 4 is 10.9 Å². The Labute approximate surface area is 214 Å². The van der Waals surface area contributed by atoms with Crippen molar-refractivity contribution in [1.82, 2.24) is 9.88 Å². The monoisotopic (exact) mass is 512 g/mol. The molecule has 4 rings (SSSR count). The number of piperidine rings is 1. The highest BCUT2D eigenvalue weighted by Gasteiger charge is 2.30. The summed E-state index contributed by atoms with van der Waals surface area (Å²) in [6.45, 7) is 1.90. The van der Waals surface area contributed by atoms with Gasteiger partial charge in [-0.25, -0.2) is 0 Å². The van der Waals surface area contributed by atoms with Crippen molar-refractivity contribution < 1.29 is 28.1 Å². The van der Waals surface area contributed by atoms with Crippen molar-refractivity contribution in [3.63, 3.8) is 0 Å². The Balaban J connectivity index is 1.33. The minimum absolute atomic E-state index is 0.0354. The first-order valence-electron chi connectivity index (χ1n) is 12.4. The van der Waals surface area contributed by atoms with Gasteiger partial charge in [0.15, 0.2) is 0 Å². The van der Waals surface area contributed by atoms with Crippen LogP contribution in [-0.2, 0) is 6.18 Å².